The van der Waals surface area contributed by atoms with E-state index in [4.69, 9.17) is 10.9 Å². The quantitative estimate of drug-likeness (QED) is 0.419. The average Bonchev–Trinajstić information content (AvgIpc) is 2.79. The van der Waals surface area contributed by atoms with Gasteiger partial charge in [0.15, 0.2) is 0 Å². The fraction of sp³-hybridized carbons (Fsp3) is 0.0833. The number of anilines is 1. The molecule has 1 heterocycles. The van der Waals surface area contributed by atoms with Crippen molar-refractivity contribution in [3.63, 3.8) is 0 Å². The van der Waals surface area contributed by atoms with Crippen LogP contribution in [0.1, 0.15) is 15.9 Å². The van der Waals surface area contributed by atoms with Gasteiger partial charge in [0.2, 0.25) is 10.0 Å². The van der Waals surface area contributed by atoms with Crippen LogP contribution in [0.25, 0.3) is 21.9 Å². The molecule has 0 aliphatic carbocycles. The topological polar surface area (TPSA) is 128 Å². The van der Waals surface area contributed by atoms with Gasteiger partial charge < -0.3 is 11.1 Å². The van der Waals surface area contributed by atoms with Crippen molar-refractivity contribution in [3.8, 4) is 11.1 Å². The summed E-state index contributed by atoms with van der Waals surface area (Å²) in [7, 11) is -3.85. The van der Waals surface area contributed by atoms with Gasteiger partial charge in [-0.1, -0.05) is 42.5 Å². The van der Waals surface area contributed by atoms with Crippen LogP contribution >= 0.6 is 0 Å². The van der Waals surface area contributed by atoms with Crippen molar-refractivity contribution >= 4 is 32.5 Å². The van der Waals surface area contributed by atoms with Crippen LogP contribution in [-0.2, 0) is 16.4 Å². The highest BCUT2D eigenvalue weighted by molar-refractivity contribution is 7.89. The van der Waals surface area contributed by atoms with Gasteiger partial charge in [-0.2, -0.15) is 0 Å². The lowest BCUT2D eigenvalue weighted by Gasteiger charge is -2.10. The number of primary sulfonamides is 1. The van der Waals surface area contributed by atoms with Gasteiger partial charge in [0.05, 0.1) is 4.90 Å². The minimum Gasteiger partial charge on any atom is -0.383 e. The molecule has 0 radical (unpaired) electrons. The van der Waals surface area contributed by atoms with Gasteiger partial charge in [0, 0.05) is 29.3 Å². The third-order valence-electron chi connectivity index (χ3n) is 5.21. The highest BCUT2D eigenvalue weighted by Gasteiger charge is 2.15. The zero-order valence-corrected chi connectivity index (χ0v) is 18.0. The maximum absolute atomic E-state index is 12.5. The van der Waals surface area contributed by atoms with Crippen molar-refractivity contribution in [2.75, 3.05) is 12.3 Å². The Morgan fingerprint density at radius 2 is 1.72 bits per heavy atom. The van der Waals surface area contributed by atoms with E-state index < -0.39 is 10.0 Å². The summed E-state index contributed by atoms with van der Waals surface area (Å²) in [6.45, 7) is 0.459. The molecule has 0 spiro atoms. The predicted octanol–water partition coefficient (Wildman–Crippen LogP) is 3.10. The number of amides is 1. The number of pyridine rings is 1. The van der Waals surface area contributed by atoms with Crippen LogP contribution in [0.3, 0.4) is 0 Å². The van der Waals surface area contributed by atoms with Gasteiger partial charge in [-0.05, 0) is 53.3 Å². The Bertz CT molecular complexity index is 1400. The number of fused-ring (bicyclic) bond motifs is 1. The normalized spacial score (nSPS) is 11.4. The number of nitrogens with one attached hydrogen (secondary N) is 1. The van der Waals surface area contributed by atoms with Crippen molar-refractivity contribution in [2.45, 2.75) is 11.3 Å². The lowest BCUT2D eigenvalue weighted by atomic mass is 10.0. The first kappa shape index (κ1) is 21.5. The number of benzene rings is 3. The molecule has 32 heavy (non-hydrogen) atoms. The molecule has 0 aliphatic rings. The van der Waals surface area contributed by atoms with E-state index in [-0.39, 0.29) is 10.8 Å². The standard InChI is InChI=1S/C24H22N4O3S/c25-23-21-15-16(5-6-18(21)12-14-27-23)11-13-28-24(29)19-9-7-17(8-10-19)20-3-1-2-4-22(20)32(26,30)31/h1-10,12,14-15H,11,13H2,(H2,25,27)(H,28,29)(H2,26,30,31). The monoisotopic (exact) mass is 446 g/mol. The molecule has 0 unspecified atom stereocenters. The second-order valence-corrected chi connectivity index (χ2v) is 8.91. The first-order valence-electron chi connectivity index (χ1n) is 9.96. The summed E-state index contributed by atoms with van der Waals surface area (Å²) < 4.78 is 23.7. The SMILES string of the molecule is Nc1nccc2ccc(CCNC(=O)c3ccc(-c4ccccc4S(N)(=O)=O)cc3)cc12. The maximum atomic E-state index is 12.5. The summed E-state index contributed by atoms with van der Waals surface area (Å²) in [5.41, 5.74) is 8.63. The van der Waals surface area contributed by atoms with E-state index in [2.05, 4.69) is 10.3 Å². The highest BCUT2D eigenvalue weighted by Crippen LogP contribution is 2.26. The van der Waals surface area contributed by atoms with E-state index in [0.29, 0.717) is 35.5 Å². The molecular weight excluding hydrogens is 424 g/mol. The number of nitrogen functional groups attached to an aromatic ring is 1. The van der Waals surface area contributed by atoms with Crippen molar-refractivity contribution in [2.24, 2.45) is 5.14 Å². The van der Waals surface area contributed by atoms with Gasteiger partial charge >= 0.3 is 0 Å². The molecule has 0 bridgehead atoms. The molecule has 0 fully saturated rings. The largest absolute Gasteiger partial charge is 0.383 e. The van der Waals surface area contributed by atoms with E-state index in [9.17, 15) is 13.2 Å². The fourth-order valence-corrected chi connectivity index (χ4v) is 4.33. The van der Waals surface area contributed by atoms with Crippen LogP contribution in [0.4, 0.5) is 5.82 Å². The second-order valence-electron chi connectivity index (χ2n) is 7.38. The maximum Gasteiger partial charge on any atom is 0.251 e. The third kappa shape index (κ3) is 4.61. The van der Waals surface area contributed by atoms with Gasteiger partial charge in [-0.25, -0.2) is 18.5 Å². The second kappa shape index (κ2) is 8.78. The molecule has 0 saturated heterocycles. The lowest BCUT2D eigenvalue weighted by Crippen LogP contribution is -2.25. The van der Waals surface area contributed by atoms with Crippen molar-refractivity contribution in [1.82, 2.24) is 10.3 Å². The van der Waals surface area contributed by atoms with Crippen LogP contribution in [0.5, 0.6) is 0 Å². The van der Waals surface area contributed by atoms with E-state index in [0.717, 1.165) is 16.3 Å². The number of hydrogen-bond donors (Lipinski definition) is 3. The molecule has 7 nitrogen and oxygen atoms in total. The van der Waals surface area contributed by atoms with Gasteiger partial charge in [0.1, 0.15) is 5.82 Å². The van der Waals surface area contributed by atoms with E-state index in [1.54, 1.807) is 48.7 Å². The Balaban J connectivity index is 1.43. The molecule has 1 aromatic heterocycles. The minimum atomic E-state index is -3.85. The number of sulfonamides is 1. The third-order valence-corrected chi connectivity index (χ3v) is 6.18. The molecule has 0 atom stereocenters. The van der Waals surface area contributed by atoms with E-state index in [1.165, 1.54) is 6.07 Å². The smallest absolute Gasteiger partial charge is 0.251 e. The lowest BCUT2D eigenvalue weighted by molar-refractivity contribution is 0.0954. The number of nitrogens with zero attached hydrogens (tertiary/aromatic N) is 1. The molecule has 0 aliphatic heterocycles. The number of nitrogens with two attached hydrogens (primary N) is 2. The Hall–Kier alpha value is -3.75. The van der Waals surface area contributed by atoms with Crippen LogP contribution in [0.2, 0.25) is 0 Å². The number of carbonyl (C=O) groups is 1. The summed E-state index contributed by atoms with van der Waals surface area (Å²) in [4.78, 5) is 16.7. The number of carbonyl (C=O) groups excluding carboxylic acids is 1. The van der Waals surface area contributed by atoms with Gasteiger partial charge in [0.25, 0.3) is 5.91 Å². The molecule has 4 rings (SSSR count). The van der Waals surface area contributed by atoms with Crippen molar-refractivity contribution < 1.29 is 13.2 Å². The average molecular weight is 447 g/mol. The molecular formula is C24H22N4O3S. The first-order chi connectivity index (χ1) is 15.3. The Labute approximate surface area is 186 Å². The molecule has 5 N–H and O–H groups in total. The first-order valence-corrected chi connectivity index (χ1v) is 11.5. The zero-order valence-electron chi connectivity index (χ0n) is 17.2. The highest BCUT2D eigenvalue weighted by atomic mass is 32.2. The van der Waals surface area contributed by atoms with Gasteiger partial charge in [-0.3, -0.25) is 4.79 Å². The molecule has 8 heteroatoms. The summed E-state index contributed by atoms with van der Waals surface area (Å²) in [6, 6.07) is 21.1. The molecule has 4 aromatic rings. The molecule has 1 amide bonds. The van der Waals surface area contributed by atoms with Crippen LogP contribution in [0.15, 0.2) is 83.9 Å². The Morgan fingerprint density at radius 3 is 2.47 bits per heavy atom. The minimum absolute atomic E-state index is 0.0448. The van der Waals surface area contributed by atoms with Crippen LogP contribution < -0.4 is 16.2 Å². The Morgan fingerprint density at radius 1 is 0.969 bits per heavy atom. The van der Waals surface area contributed by atoms with E-state index in [1.807, 2.05) is 24.3 Å². The van der Waals surface area contributed by atoms with Gasteiger partial charge in [-0.15, -0.1) is 0 Å². The number of aromatic nitrogens is 1. The summed E-state index contributed by atoms with van der Waals surface area (Å²) in [6.07, 6.45) is 2.33. The number of rotatable bonds is 6. The summed E-state index contributed by atoms with van der Waals surface area (Å²) in [5, 5.41) is 10.1. The summed E-state index contributed by atoms with van der Waals surface area (Å²) in [5.74, 6) is 0.274. The van der Waals surface area contributed by atoms with E-state index >= 15 is 0 Å². The van der Waals surface area contributed by atoms with Crippen molar-refractivity contribution in [1.29, 1.82) is 0 Å². The molecule has 162 valence electrons. The Kier molecular flexibility index (Phi) is 5.89. The van der Waals surface area contributed by atoms with Crippen molar-refractivity contribution in [3.05, 3.63) is 90.1 Å². The molecule has 3 aromatic carbocycles. The number of hydrogen-bond acceptors (Lipinski definition) is 5. The molecule has 0 saturated carbocycles. The summed E-state index contributed by atoms with van der Waals surface area (Å²) >= 11 is 0. The fourth-order valence-electron chi connectivity index (χ4n) is 3.57. The zero-order chi connectivity index (χ0) is 22.7. The predicted molar refractivity (Wildman–Crippen MR) is 125 cm³/mol. The van der Waals surface area contributed by atoms with Crippen LogP contribution in [-0.4, -0.2) is 25.9 Å². The van der Waals surface area contributed by atoms with Crippen LogP contribution in [0, 0.1) is 0 Å².